The predicted octanol–water partition coefficient (Wildman–Crippen LogP) is 2.19. The number of nitrogen functional groups attached to an aromatic ring is 1. The number of benzene rings is 1. The molecule has 5 nitrogen and oxygen atoms in total. The Morgan fingerprint density at radius 1 is 1.37 bits per heavy atom. The fourth-order valence-electron chi connectivity index (χ4n) is 1.99. The Morgan fingerprint density at radius 2 is 2.21 bits per heavy atom. The molecule has 0 unspecified atom stereocenters. The average Bonchev–Trinajstić information content (AvgIpc) is 2.39. The van der Waals surface area contributed by atoms with Gasteiger partial charge in [0.1, 0.15) is 11.3 Å². The minimum Gasteiger partial charge on any atom is -0.492 e. The van der Waals surface area contributed by atoms with Crippen LogP contribution in [0.5, 0.6) is 5.75 Å². The van der Waals surface area contributed by atoms with Gasteiger partial charge in [-0.3, -0.25) is 9.78 Å². The third kappa shape index (κ3) is 1.90. The van der Waals surface area contributed by atoms with E-state index in [-0.39, 0.29) is 10.7 Å². The molecule has 2 N–H and O–H groups in total. The molecule has 6 heteroatoms. The molecule has 0 spiro atoms. The molecule has 1 aromatic carbocycles. The maximum atomic E-state index is 11.8. The Morgan fingerprint density at radius 3 is 3.00 bits per heavy atom. The van der Waals surface area contributed by atoms with Crippen molar-refractivity contribution in [3.63, 3.8) is 0 Å². The van der Waals surface area contributed by atoms with E-state index >= 15 is 0 Å². The lowest BCUT2D eigenvalue weighted by molar-refractivity contribution is 0.343. The quantitative estimate of drug-likeness (QED) is 0.724. The van der Waals surface area contributed by atoms with Crippen LogP contribution in [0.1, 0.15) is 6.92 Å². The first-order valence-electron chi connectivity index (χ1n) is 5.81. The van der Waals surface area contributed by atoms with Gasteiger partial charge < -0.3 is 10.5 Å². The van der Waals surface area contributed by atoms with Crippen LogP contribution in [0.3, 0.4) is 0 Å². The molecule has 0 amide bonds. The second-order valence-corrected chi connectivity index (χ2v) is 4.97. The molecule has 0 aliphatic heterocycles. The number of para-hydroxylation sites is 1. The topological polar surface area (TPSA) is 78.1 Å². The van der Waals surface area contributed by atoms with Crippen LogP contribution >= 0.6 is 11.3 Å². The molecule has 0 fully saturated rings. The summed E-state index contributed by atoms with van der Waals surface area (Å²) >= 11 is 1.28. The van der Waals surface area contributed by atoms with Crippen LogP contribution in [-0.2, 0) is 0 Å². The first-order valence-corrected chi connectivity index (χ1v) is 6.63. The summed E-state index contributed by atoms with van der Waals surface area (Å²) < 4.78 is 6.34. The van der Waals surface area contributed by atoms with Crippen molar-refractivity contribution in [2.75, 3.05) is 12.3 Å². The smallest absolute Gasteiger partial charge is 0.282 e. The van der Waals surface area contributed by atoms with Gasteiger partial charge in [-0.1, -0.05) is 23.5 Å². The summed E-state index contributed by atoms with van der Waals surface area (Å²) in [6.07, 6.45) is 1.53. The number of fused-ring (bicyclic) bond motifs is 3. The van der Waals surface area contributed by atoms with Gasteiger partial charge in [0.15, 0.2) is 5.13 Å². The lowest BCUT2D eigenvalue weighted by Gasteiger charge is -2.07. The molecule has 3 rings (SSSR count). The molecule has 0 radical (unpaired) electrons. The highest BCUT2D eigenvalue weighted by Gasteiger charge is 2.10. The Bertz CT molecular complexity index is 829. The van der Waals surface area contributed by atoms with E-state index in [2.05, 4.69) is 9.97 Å². The Kier molecular flexibility index (Phi) is 2.79. The largest absolute Gasteiger partial charge is 0.492 e. The van der Waals surface area contributed by atoms with Gasteiger partial charge in [-0.15, -0.1) is 0 Å². The molecule has 2 heterocycles. The molecule has 0 saturated carbocycles. The third-order valence-corrected chi connectivity index (χ3v) is 3.70. The van der Waals surface area contributed by atoms with E-state index < -0.39 is 0 Å². The van der Waals surface area contributed by atoms with Gasteiger partial charge in [0.2, 0.25) is 0 Å². The van der Waals surface area contributed by atoms with E-state index in [0.717, 1.165) is 15.6 Å². The van der Waals surface area contributed by atoms with Crippen LogP contribution < -0.4 is 16.0 Å². The second kappa shape index (κ2) is 4.47. The predicted molar refractivity (Wildman–Crippen MR) is 76.8 cm³/mol. The Labute approximate surface area is 112 Å². The molecule has 2 aromatic heterocycles. The van der Waals surface area contributed by atoms with E-state index in [0.29, 0.717) is 17.7 Å². The van der Waals surface area contributed by atoms with Crippen LogP contribution in [0.15, 0.2) is 29.2 Å². The number of aromatic nitrogens is 2. The minimum absolute atomic E-state index is 0.256. The zero-order valence-electron chi connectivity index (χ0n) is 10.2. The summed E-state index contributed by atoms with van der Waals surface area (Å²) in [5, 5.41) is 1.60. The van der Waals surface area contributed by atoms with Crippen molar-refractivity contribution in [1.29, 1.82) is 0 Å². The minimum atomic E-state index is -0.345. The first-order chi connectivity index (χ1) is 9.20. The third-order valence-electron chi connectivity index (χ3n) is 2.76. The molecule has 0 aliphatic carbocycles. The zero-order valence-corrected chi connectivity index (χ0v) is 11.0. The van der Waals surface area contributed by atoms with Gasteiger partial charge in [-0.05, 0) is 13.0 Å². The standard InChI is InChI=1S/C13H11N3O2S/c1-2-18-9-5-3-4-7-10(9)15-6-8-11(7)19-13(14)16-12(8)17/h3-6H,2H2,1H3,(H2,14,16,17). The summed E-state index contributed by atoms with van der Waals surface area (Å²) in [5.41, 5.74) is 6.06. The SMILES string of the molecule is CCOc1cccc2c1ncc1c(=O)nc(N)sc12. The van der Waals surface area contributed by atoms with E-state index in [9.17, 15) is 4.79 Å². The van der Waals surface area contributed by atoms with Crippen molar-refractivity contribution in [3.8, 4) is 5.75 Å². The fourth-order valence-corrected chi connectivity index (χ4v) is 2.86. The van der Waals surface area contributed by atoms with Crippen LogP contribution in [0.25, 0.3) is 21.0 Å². The number of hydrogen-bond acceptors (Lipinski definition) is 6. The maximum Gasteiger partial charge on any atom is 0.282 e. The van der Waals surface area contributed by atoms with Crippen molar-refractivity contribution in [2.24, 2.45) is 0 Å². The lowest BCUT2D eigenvalue weighted by atomic mass is 10.2. The summed E-state index contributed by atoms with van der Waals surface area (Å²) in [4.78, 5) is 19.9. The van der Waals surface area contributed by atoms with Gasteiger partial charge in [0, 0.05) is 11.6 Å². The molecule has 0 bridgehead atoms. The summed E-state index contributed by atoms with van der Waals surface area (Å²) in [5.74, 6) is 0.705. The number of nitrogens with two attached hydrogens (primary N) is 1. The van der Waals surface area contributed by atoms with Gasteiger partial charge in [0.25, 0.3) is 5.56 Å². The van der Waals surface area contributed by atoms with Gasteiger partial charge in [0.05, 0.1) is 16.7 Å². The molecule has 0 aliphatic rings. The molecule has 3 aromatic rings. The van der Waals surface area contributed by atoms with Crippen LogP contribution in [-0.4, -0.2) is 16.6 Å². The van der Waals surface area contributed by atoms with E-state index in [1.807, 2.05) is 25.1 Å². The van der Waals surface area contributed by atoms with Crippen LogP contribution in [0.2, 0.25) is 0 Å². The zero-order chi connectivity index (χ0) is 13.4. The molecular formula is C13H11N3O2S. The monoisotopic (exact) mass is 273 g/mol. The van der Waals surface area contributed by atoms with Crippen LogP contribution in [0, 0.1) is 0 Å². The van der Waals surface area contributed by atoms with E-state index in [4.69, 9.17) is 10.5 Å². The van der Waals surface area contributed by atoms with E-state index in [1.54, 1.807) is 0 Å². The number of nitrogens with zero attached hydrogens (tertiary/aromatic N) is 2. The number of rotatable bonds is 2. The first kappa shape index (κ1) is 11.9. The van der Waals surface area contributed by atoms with Gasteiger partial charge in [-0.2, -0.15) is 4.98 Å². The molecule has 0 atom stereocenters. The number of anilines is 1. The summed E-state index contributed by atoms with van der Waals surface area (Å²) in [6.45, 7) is 2.48. The average molecular weight is 273 g/mol. The molecule has 19 heavy (non-hydrogen) atoms. The van der Waals surface area contributed by atoms with E-state index in [1.165, 1.54) is 17.5 Å². The van der Waals surface area contributed by atoms with Gasteiger partial charge in [-0.25, -0.2) is 0 Å². The normalized spacial score (nSPS) is 11.0. The van der Waals surface area contributed by atoms with Crippen molar-refractivity contribution >= 4 is 37.5 Å². The molecular weight excluding hydrogens is 262 g/mol. The van der Waals surface area contributed by atoms with Crippen LogP contribution in [0.4, 0.5) is 5.13 Å². The van der Waals surface area contributed by atoms with Gasteiger partial charge >= 0.3 is 0 Å². The van der Waals surface area contributed by atoms with Crippen molar-refractivity contribution in [1.82, 2.24) is 9.97 Å². The fraction of sp³-hybridized carbons (Fsp3) is 0.154. The summed E-state index contributed by atoms with van der Waals surface area (Å²) in [7, 11) is 0. The Balaban J connectivity index is 2.47. The number of hydrogen-bond donors (Lipinski definition) is 1. The molecule has 96 valence electrons. The van der Waals surface area contributed by atoms with Crippen molar-refractivity contribution in [2.45, 2.75) is 6.92 Å². The lowest BCUT2D eigenvalue weighted by Crippen LogP contribution is -2.08. The van der Waals surface area contributed by atoms with Crippen molar-refractivity contribution < 1.29 is 4.74 Å². The van der Waals surface area contributed by atoms with Crippen molar-refractivity contribution in [3.05, 3.63) is 34.7 Å². The number of pyridine rings is 1. The maximum absolute atomic E-state index is 11.8. The summed E-state index contributed by atoms with van der Waals surface area (Å²) in [6, 6.07) is 5.64. The highest BCUT2D eigenvalue weighted by Crippen LogP contribution is 2.31. The number of ether oxygens (including phenoxy) is 1. The highest BCUT2D eigenvalue weighted by molar-refractivity contribution is 7.22. The molecule has 0 saturated heterocycles. The second-order valence-electron chi connectivity index (χ2n) is 3.94. The highest BCUT2D eigenvalue weighted by atomic mass is 32.1. The Hall–Kier alpha value is -2.21.